The molecule has 19 heavy (non-hydrogen) atoms. The van der Waals surface area contributed by atoms with Crippen molar-refractivity contribution in [1.82, 2.24) is 0 Å². The second kappa shape index (κ2) is 7.48. The Balaban J connectivity index is 4.58. The summed E-state index contributed by atoms with van der Waals surface area (Å²) in [4.78, 5) is 3.97. The molecule has 0 aliphatic rings. The molecule has 2 nitrogen and oxygen atoms in total. The lowest BCUT2D eigenvalue weighted by Gasteiger charge is -2.37. The topological polar surface area (TPSA) is 21.6 Å². The first kappa shape index (κ1) is 18.7. The van der Waals surface area contributed by atoms with Crippen LogP contribution in [-0.4, -0.2) is 33.6 Å². The van der Waals surface area contributed by atoms with E-state index in [2.05, 4.69) is 52.7 Å². The average Bonchev–Trinajstić information content (AvgIpc) is 2.19. The smallest absolute Gasteiger partial charge is 0.273 e. The molecule has 0 rings (SSSR count). The molecule has 0 unspecified atom stereocenters. The number of hydrogen-bond donors (Lipinski definition) is 0. The molecule has 0 aromatic rings. The Morgan fingerprint density at radius 3 is 2.11 bits per heavy atom. The fourth-order valence-corrected chi connectivity index (χ4v) is 2.47. The van der Waals surface area contributed by atoms with Crippen molar-refractivity contribution in [3.63, 3.8) is 0 Å². The summed E-state index contributed by atoms with van der Waals surface area (Å²) in [5, 5.41) is 0.127. The van der Waals surface area contributed by atoms with Gasteiger partial charge in [-0.1, -0.05) is 34.6 Å². The van der Waals surface area contributed by atoms with Crippen molar-refractivity contribution in [1.29, 1.82) is 0 Å². The molecule has 5 heteroatoms. The molecule has 0 aromatic carbocycles. The summed E-state index contributed by atoms with van der Waals surface area (Å²) >= 11 is 0. The molecule has 0 amide bonds. The number of halogens is 2. The van der Waals surface area contributed by atoms with Crippen molar-refractivity contribution in [2.24, 2.45) is 10.9 Å². The number of alkyl halides is 2. The fourth-order valence-electron chi connectivity index (χ4n) is 1.42. The standard InChI is InChI=1S/C14H29F2NOSi/c1-11(2)8-12(17-9-13(15)16)10-18-19(6,7)14(3,4)5/h9,11-13H,8,10H2,1-7H3/t12-/m0/s1. The van der Waals surface area contributed by atoms with E-state index in [1.807, 2.05) is 0 Å². The lowest BCUT2D eigenvalue weighted by molar-refractivity contribution is 0.226. The van der Waals surface area contributed by atoms with E-state index < -0.39 is 14.7 Å². The lowest BCUT2D eigenvalue weighted by Crippen LogP contribution is -2.42. The van der Waals surface area contributed by atoms with Crippen molar-refractivity contribution < 1.29 is 13.2 Å². The second-order valence-electron chi connectivity index (χ2n) is 6.99. The molecule has 0 fully saturated rings. The van der Waals surface area contributed by atoms with Crippen molar-refractivity contribution >= 4 is 14.5 Å². The highest BCUT2D eigenvalue weighted by atomic mass is 28.4. The van der Waals surface area contributed by atoms with E-state index in [-0.39, 0.29) is 11.1 Å². The van der Waals surface area contributed by atoms with Gasteiger partial charge in [0.1, 0.15) is 0 Å². The van der Waals surface area contributed by atoms with E-state index in [4.69, 9.17) is 4.43 Å². The van der Waals surface area contributed by atoms with Crippen LogP contribution in [0.3, 0.4) is 0 Å². The first-order valence-corrected chi connectivity index (χ1v) is 9.82. The Kier molecular flexibility index (Phi) is 7.36. The molecular weight excluding hydrogens is 264 g/mol. The summed E-state index contributed by atoms with van der Waals surface area (Å²) in [6, 6.07) is -0.164. The zero-order valence-electron chi connectivity index (χ0n) is 13.3. The maximum absolute atomic E-state index is 12.2. The Morgan fingerprint density at radius 2 is 1.74 bits per heavy atom. The van der Waals surface area contributed by atoms with Crippen LogP contribution in [0.1, 0.15) is 41.0 Å². The minimum Gasteiger partial charge on any atom is -0.415 e. The van der Waals surface area contributed by atoms with Gasteiger partial charge in [-0.05, 0) is 30.5 Å². The molecule has 114 valence electrons. The normalized spacial score (nSPS) is 15.7. The van der Waals surface area contributed by atoms with Crippen LogP contribution in [0.15, 0.2) is 4.99 Å². The van der Waals surface area contributed by atoms with E-state index in [0.717, 1.165) is 12.6 Å². The second-order valence-corrected chi connectivity index (χ2v) is 11.8. The highest BCUT2D eigenvalue weighted by molar-refractivity contribution is 6.74. The van der Waals surface area contributed by atoms with Crippen molar-refractivity contribution in [2.45, 2.75) is 71.6 Å². The van der Waals surface area contributed by atoms with E-state index in [1.54, 1.807) is 0 Å². The summed E-state index contributed by atoms with van der Waals surface area (Å²) in [5.74, 6) is 0.419. The number of hydrogen-bond acceptors (Lipinski definition) is 2. The van der Waals surface area contributed by atoms with Gasteiger partial charge in [0.25, 0.3) is 6.43 Å². The number of rotatable bonds is 7. The van der Waals surface area contributed by atoms with Crippen LogP contribution >= 0.6 is 0 Å². The Bertz CT molecular complexity index is 286. The third-order valence-electron chi connectivity index (χ3n) is 3.60. The largest absolute Gasteiger partial charge is 0.415 e. The predicted octanol–water partition coefficient (Wildman–Crippen LogP) is 4.76. The van der Waals surface area contributed by atoms with Crippen LogP contribution in [0.2, 0.25) is 18.1 Å². The van der Waals surface area contributed by atoms with Gasteiger partial charge in [-0.3, -0.25) is 4.99 Å². The molecule has 0 N–H and O–H groups in total. The van der Waals surface area contributed by atoms with Crippen LogP contribution in [0.25, 0.3) is 0 Å². The number of nitrogens with zero attached hydrogens (tertiary/aromatic N) is 1. The van der Waals surface area contributed by atoms with Gasteiger partial charge in [-0.2, -0.15) is 0 Å². The molecule has 0 heterocycles. The first-order valence-electron chi connectivity index (χ1n) is 6.91. The molecular formula is C14H29F2NOSi. The van der Waals surface area contributed by atoms with Crippen molar-refractivity contribution in [2.75, 3.05) is 6.61 Å². The minimum atomic E-state index is -2.48. The van der Waals surface area contributed by atoms with Gasteiger partial charge in [0.2, 0.25) is 0 Å². The number of aliphatic imine (C=N–C) groups is 1. The van der Waals surface area contributed by atoms with Gasteiger partial charge in [0, 0.05) is 0 Å². The molecule has 0 bridgehead atoms. The summed E-state index contributed by atoms with van der Waals surface area (Å²) in [6.07, 6.45) is -0.970. The summed E-state index contributed by atoms with van der Waals surface area (Å²) in [7, 11) is -1.84. The van der Waals surface area contributed by atoms with Gasteiger partial charge in [-0.25, -0.2) is 8.78 Å². The van der Waals surface area contributed by atoms with Crippen LogP contribution < -0.4 is 0 Å². The minimum absolute atomic E-state index is 0.127. The molecule has 0 aliphatic heterocycles. The zero-order valence-corrected chi connectivity index (χ0v) is 14.3. The van der Waals surface area contributed by atoms with E-state index >= 15 is 0 Å². The monoisotopic (exact) mass is 293 g/mol. The summed E-state index contributed by atoms with van der Waals surface area (Å²) in [6.45, 7) is 15.4. The third-order valence-corrected chi connectivity index (χ3v) is 8.10. The van der Waals surface area contributed by atoms with Crippen LogP contribution in [-0.2, 0) is 4.43 Å². The predicted molar refractivity (Wildman–Crippen MR) is 80.9 cm³/mol. The van der Waals surface area contributed by atoms with Gasteiger partial charge >= 0.3 is 0 Å². The summed E-state index contributed by atoms with van der Waals surface area (Å²) in [5.41, 5.74) is 0. The SMILES string of the molecule is CC(C)C[C@@H](CO[Si](C)(C)C(C)(C)C)N=CC(F)F. The van der Waals surface area contributed by atoms with Gasteiger partial charge < -0.3 is 4.43 Å². The van der Waals surface area contributed by atoms with Crippen LogP contribution in [0, 0.1) is 5.92 Å². The highest BCUT2D eigenvalue weighted by Crippen LogP contribution is 2.36. The fraction of sp³-hybridized carbons (Fsp3) is 0.929. The lowest BCUT2D eigenvalue weighted by atomic mass is 10.1. The highest BCUT2D eigenvalue weighted by Gasteiger charge is 2.37. The molecule has 0 aromatic heterocycles. The van der Waals surface area contributed by atoms with Crippen LogP contribution in [0.5, 0.6) is 0 Å². The van der Waals surface area contributed by atoms with Gasteiger partial charge in [0.05, 0.1) is 18.9 Å². The Morgan fingerprint density at radius 1 is 1.21 bits per heavy atom. The van der Waals surface area contributed by atoms with Gasteiger partial charge in [-0.15, -0.1) is 0 Å². The molecule has 0 radical (unpaired) electrons. The zero-order chi connectivity index (χ0) is 15.3. The van der Waals surface area contributed by atoms with Crippen molar-refractivity contribution in [3.05, 3.63) is 0 Å². The molecule has 0 aliphatic carbocycles. The first-order chi connectivity index (χ1) is 8.45. The van der Waals surface area contributed by atoms with E-state index in [9.17, 15) is 8.78 Å². The molecule has 1 atom stereocenters. The van der Waals surface area contributed by atoms with Gasteiger partial charge in [0.15, 0.2) is 8.32 Å². The van der Waals surface area contributed by atoms with Crippen LogP contribution in [0.4, 0.5) is 8.78 Å². The average molecular weight is 293 g/mol. The van der Waals surface area contributed by atoms with E-state index in [1.165, 1.54) is 0 Å². The maximum Gasteiger partial charge on any atom is 0.273 e. The molecule has 0 saturated carbocycles. The van der Waals surface area contributed by atoms with E-state index in [0.29, 0.717) is 12.5 Å². The molecule has 0 saturated heterocycles. The third kappa shape index (κ3) is 7.77. The summed E-state index contributed by atoms with van der Waals surface area (Å²) < 4.78 is 30.5. The maximum atomic E-state index is 12.2. The Hall–Kier alpha value is -0.293. The Labute approximate surface area is 117 Å². The quantitative estimate of drug-likeness (QED) is 0.490. The van der Waals surface area contributed by atoms with Crippen molar-refractivity contribution in [3.8, 4) is 0 Å². The molecule has 0 spiro atoms.